The van der Waals surface area contributed by atoms with Gasteiger partial charge in [0, 0.05) is 23.7 Å². The Labute approximate surface area is 161 Å². The number of hydrogen-bond donors (Lipinski definition) is 0. The minimum Gasteiger partial charge on any atom is -0.301 e. The number of hydrogen-bond acceptors (Lipinski definition) is 5. The van der Waals surface area contributed by atoms with Gasteiger partial charge in [-0.3, -0.25) is 9.36 Å². The van der Waals surface area contributed by atoms with Crippen LogP contribution in [-0.2, 0) is 19.5 Å². The maximum Gasteiger partial charge on any atom is 0.263 e. The Kier molecular flexibility index (Phi) is 5.16. The van der Waals surface area contributed by atoms with E-state index in [4.69, 9.17) is 4.98 Å². The van der Waals surface area contributed by atoms with Gasteiger partial charge in [-0.15, -0.1) is 11.3 Å². The van der Waals surface area contributed by atoms with Gasteiger partial charge < -0.3 is 4.90 Å². The van der Waals surface area contributed by atoms with E-state index in [0.717, 1.165) is 52.6 Å². The van der Waals surface area contributed by atoms with E-state index in [-0.39, 0.29) is 5.56 Å². The molecule has 3 heterocycles. The first-order valence-corrected chi connectivity index (χ1v) is 10.9. The summed E-state index contributed by atoms with van der Waals surface area (Å²) >= 11 is 3.39. The van der Waals surface area contributed by atoms with E-state index in [2.05, 4.69) is 31.0 Å². The van der Waals surface area contributed by atoms with E-state index in [1.165, 1.54) is 10.4 Å². The molecule has 136 valence electrons. The standard InChI is InChI=1S/C20H23N3OS2/c1-3-11-25-20-21-18-17(15-9-10-22(2)13-16(15)26-18)19(24)23(20)12-14-7-5-4-6-8-14/h4-8H,3,9-13H2,1-2H3. The highest BCUT2D eigenvalue weighted by molar-refractivity contribution is 7.99. The van der Waals surface area contributed by atoms with E-state index in [1.54, 1.807) is 23.1 Å². The molecule has 0 bridgehead atoms. The Morgan fingerprint density at radius 2 is 2.08 bits per heavy atom. The molecule has 0 unspecified atom stereocenters. The molecule has 0 amide bonds. The van der Waals surface area contributed by atoms with Crippen LogP contribution in [0.4, 0.5) is 0 Å². The van der Waals surface area contributed by atoms with Crippen LogP contribution in [0.25, 0.3) is 10.2 Å². The van der Waals surface area contributed by atoms with Crippen LogP contribution < -0.4 is 5.56 Å². The highest BCUT2D eigenvalue weighted by Gasteiger charge is 2.23. The van der Waals surface area contributed by atoms with E-state index in [9.17, 15) is 4.79 Å². The molecule has 6 heteroatoms. The van der Waals surface area contributed by atoms with Gasteiger partial charge >= 0.3 is 0 Å². The Morgan fingerprint density at radius 3 is 2.85 bits per heavy atom. The summed E-state index contributed by atoms with van der Waals surface area (Å²) in [6, 6.07) is 10.2. The third-order valence-electron chi connectivity index (χ3n) is 4.74. The zero-order valence-electron chi connectivity index (χ0n) is 15.2. The van der Waals surface area contributed by atoms with Crippen molar-refractivity contribution in [3.8, 4) is 0 Å². The van der Waals surface area contributed by atoms with Crippen molar-refractivity contribution in [1.29, 1.82) is 0 Å². The first kappa shape index (κ1) is 17.8. The summed E-state index contributed by atoms with van der Waals surface area (Å²) in [6.45, 7) is 4.67. The molecule has 2 aromatic heterocycles. The van der Waals surface area contributed by atoms with Crippen LogP contribution >= 0.6 is 23.1 Å². The Hall–Kier alpha value is -1.63. The lowest BCUT2D eigenvalue weighted by Crippen LogP contribution is -2.27. The van der Waals surface area contributed by atoms with Crippen LogP contribution in [0.1, 0.15) is 29.3 Å². The van der Waals surface area contributed by atoms with Crippen LogP contribution in [-0.4, -0.2) is 33.8 Å². The van der Waals surface area contributed by atoms with Gasteiger partial charge in [-0.25, -0.2) is 4.98 Å². The first-order valence-electron chi connectivity index (χ1n) is 9.07. The second-order valence-corrected chi connectivity index (χ2v) is 8.94. The van der Waals surface area contributed by atoms with Crippen molar-refractivity contribution in [3.05, 3.63) is 56.7 Å². The number of benzene rings is 1. The molecule has 0 saturated carbocycles. The lowest BCUT2D eigenvalue weighted by atomic mass is 10.1. The van der Waals surface area contributed by atoms with Crippen molar-refractivity contribution < 1.29 is 0 Å². The monoisotopic (exact) mass is 385 g/mol. The molecule has 1 aromatic carbocycles. The number of aromatic nitrogens is 2. The van der Waals surface area contributed by atoms with Gasteiger partial charge in [0.1, 0.15) is 4.83 Å². The number of thioether (sulfide) groups is 1. The smallest absolute Gasteiger partial charge is 0.263 e. The molecule has 0 saturated heterocycles. The lowest BCUT2D eigenvalue weighted by molar-refractivity contribution is 0.318. The second-order valence-electron chi connectivity index (χ2n) is 6.79. The number of fused-ring (bicyclic) bond motifs is 3. The fourth-order valence-electron chi connectivity index (χ4n) is 3.39. The fourth-order valence-corrected chi connectivity index (χ4v) is 5.59. The van der Waals surface area contributed by atoms with Crippen LogP contribution in [0.15, 0.2) is 40.3 Å². The Bertz CT molecular complexity index is 978. The zero-order valence-corrected chi connectivity index (χ0v) is 16.8. The predicted molar refractivity (Wildman–Crippen MR) is 110 cm³/mol. The van der Waals surface area contributed by atoms with Gasteiger partial charge in [0.25, 0.3) is 5.56 Å². The SMILES string of the molecule is CCCSc1nc2sc3c(c2c(=O)n1Cc1ccccc1)CCN(C)C3. The van der Waals surface area contributed by atoms with Gasteiger partial charge in [0.15, 0.2) is 5.16 Å². The van der Waals surface area contributed by atoms with Crippen LogP contribution in [0, 0.1) is 0 Å². The lowest BCUT2D eigenvalue weighted by Gasteiger charge is -2.21. The molecular weight excluding hydrogens is 362 g/mol. The third-order valence-corrected chi connectivity index (χ3v) is 7.03. The molecule has 0 radical (unpaired) electrons. The average Bonchev–Trinajstić information content (AvgIpc) is 3.00. The summed E-state index contributed by atoms with van der Waals surface area (Å²) in [7, 11) is 2.14. The van der Waals surface area contributed by atoms with Gasteiger partial charge in [0.05, 0.1) is 11.9 Å². The van der Waals surface area contributed by atoms with Crippen molar-refractivity contribution in [3.63, 3.8) is 0 Å². The van der Waals surface area contributed by atoms with Crippen molar-refractivity contribution >= 4 is 33.3 Å². The minimum atomic E-state index is 0.125. The summed E-state index contributed by atoms with van der Waals surface area (Å²) in [4.78, 5) is 22.9. The molecule has 1 aliphatic heterocycles. The van der Waals surface area contributed by atoms with Gasteiger partial charge in [-0.1, -0.05) is 49.0 Å². The molecule has 26 heavy (non-hydrogen) atoms. The minimum absolute atomic E-state index is 0.125. The largest absolute Gasteiger partial charge is 0.301 e. The average molecular weight is 386 g/mol. The maximum absolute atomic E-state index is 13.4. The number of nitrogens with zero attached hydrogens (tertiary/aromatic N) is 3. The molecule has 0 aliphatic carbocycles. The Morgan fingerprint density at radius 1 is 1.27 bits per heavy atom. The van der Waals surface area contributed by atoms with E-state index in [0.29, 0.717) is 6.54 Å². The normalized spacial score (nSPS) is 14.7. The van der Waals surface area contributed by atoms with Crippen LogP contribution in [0.3, 0.4) is 0 Å². The van der Waals surface area contributed by atoms with E-state index in [1.807, 2.05) is 22.8 Å². The van der Waals surface area contributed by atoms with Crippen molar-refractivity contribution in [2.24, 2.45) is 0 Å². The quantitative estimate of drug-likeness (QED) is 0.492. The molecule has 4 nitrogen and oxygen atoms in total. The maximum atomic E-state index is 13.4. The zero-order chi connectivity index (χ0) is 18.1. The first-order chi connectivity index (χ1) is 12.7. The highest BCUT2D eigenvalue weighted by Crippen LogP contribution is 2.33. The molecular formula is C20H23N3OS2. The topological polar surface area (TPSA) is 38.1 Å². The van der Waals surface area contributed by atoms with Gasteiger partial charge in [-0.2, -0.15) is 0 Å². The highest BCUT2D eigenvalue weighted by atomic mass is 32.2. The van der Waals surface area contributed by atoms with Crippen molar-refractivity contribution in [1.82, 2.24) is 14.5 Å². The van der Waals surface area contributed by atoms with Gasteiger partial charge in [0.2, 0.25) is 0 Å². The number of thiophene rings is 1. The molecule has 4 rings (SSSR count). The summed E-state index contributed by atoms with van der Waals surface area (Å²) < 4.78 is 1.88. The molecule has 3 aromatic rings. The summed E-state index contributed by atoms with van der Waals surface area (Å²) in [5.74, 6) is 0.973. The fraction of sp³-hybridized carbons (Fsp3) is 0.400. The van der Waals surface area contributed by atoms with Crippen molar-refractivity contribution in [2.45, 2.75) is 38.0 Å². The summed E-state index contributed by atoms with van der Waals surface area (Å²) in [6.07, 6.45) is 2.01. The molecule has 0 fully saturated rings. The van der Waals surface area contributed by atoms with Crippen LogP contribution in [0.5, 0.6) is 0 Å². The Balaban J connectivity index is 1.87. The summed E-state index contributed by atoms with van der Waals surface area (Å²) in [5.41, 5.74) is 2.49. The summed E-state index contributed by atoms with van der Waals surface area (Å²) in [5, 5.41) is 1.70. The van der Waals surface area contributed by atoms with Crippen molar-refractivity contribution in [2.75, 3.05) is 19.3 Å². The molecule has 0 spiro atoms. The third kappa shape index (κ3) is 3.33. The number of likely N-dealkylation sites (N-methyl/N-ethyl adjacent to an activating group) is 1. The second kappa shape index (κ2) is 7.55. The van der Waals surface area contributed by atoms with Crippen LogP contribution in [0.2, 0.25) is 0 Å². The predicted octanol–water partition coefficient (Wildman–Crippen LogP) is 4.00. The molecule has 0 N–H and O–H groups in total. The molecule has 0 atom stereocenters. The van der Waals surface area contributed by atoms with Gasteiger partial charge in [-0.05, 0) is 31.0 Å². The van der Waals surface area contributed by atoms with E-state index < -0.39 is 0 Å². The number of rotatable bonds is 5. The molecule has 1 aliphatic rings. The van der Waals surface area contributed by atoms with E-state index >= 15 is 0 Å².